The minimum absolute atomic E-state index is 0.0593. The fourth-order valence-electron chi connectivity index (χ4n) is 1.34. The van der Waals surface area contributed by atoms with E-state index in [9.17, 15) is 5.11 Å². The Morgan fingerprint density at radius 1 is 1.41 bits per heavy atom. The average Bonchev–Trinajstić information content (AvgIpc) is 2.28. The van der Waals surface area contributed by atoms with Crippen LogP contribution in [0.1, 0.15) is 38.3 Å². The predicted octanol–water partition coefficient (Wildman–Crippen LogP) is 3.06. The summed E-state index contributed by atoms with van der Waals surface area (Å²) in [7, 11) is 0. The second-order valence-corrected chi connectivity index (χ2v) is 4.64. The Morgan fingerprint density at radius 2 is 2.06 bits per heavy atom. The quantitative estimate of drug-likeness (QED) is 0.772. The van der Waals surface area contributed by atoms with Gasteiger partial charge in [-0.3, -0.25) is 0 Å². The van der Waals surface area contributed by atoms with E-state index in [1.165, 1.54) is 0 Å². The molecular weight excluding hydrogens is 216 g/mol. The summed E-state index contributed by atoms with van der Waals surface area (Å²) in [6, 6.07) is 5.00. The van der Waals surface area contributed by atoms with Crippen molar-refractivity contribution in [3.05, 3.63) is 35.9 Å². The van der Waals surface area contributed by atoms with Crippen LogP contribution in [0.3, 0.4) is 0 Å². The van der Waals surface area contributed by atoms with Crippen LogP contribution in [-0.2, 0) is 11.3 Å². The number of aliphatic hydroxyl groups is 1. The number of phenols is 1. The van der Waals surface area contributed by atoms with Gasteiger partial charge in [-0.15, -0.1) is 0 Å². The Balaban J connectivity index is 2.87. The molecule has 0 bridgehead atoms. The fraction of sp³-hybridized carbons (Fsp3) is 0.429. The zero-order valence-corrected chi connectivity index (χ0v) is 10.7. The molecule has 0 aromatic heterocycles. The van der Waals surface area contributed by atoms with Crippen molar-refractivity contribution in [3.8, 4) is 5.75 Å². The molecule has 0 radical (unpaired) electrons. The summed E-state index contributed by atoms with van der Waals surface area (Å²) < 4.78 is 5.73. The molecule has 0 fully saturated rings. The third kappa shape index (κ3) is 3.49. The van der Waals surface area contributed by atoms with E-state index in [0.717, 1.165) is 12.0 Å². The first-order valence-electron chi connectivity index (χ1n) is 5.70. The van der Waals surface area contributed by atoms with Crippen molar-refractivity contribution in [2.75, 3.05) is 0 Å². The van der Waals surface area contributed by atoms with Crippen LogP contribution in [0.5, 0.6) is 5.75 Å². The first kappa shape index (κ1) is 13.6. The molecule has 0 aliphatic rings. The molecule has 0 unspecified atom stereocenters. The van der Waals surface area contributed by atoms with Gasteiger partial charge >= 0.3 is 0 Å². The van der Waals surface area contributed by atoms with E-state index in [-0.39, 0.29) is 18.0 Å². The minimum Gasteiger partial charge on any atom is -0.508 e. The molecule has 0 spiro atoms. The van der Waals surface area contributed by atoms with Crippen LogP contribution in [0, 0.1) is 0 Å². The third-order valence-electron chi connectivity index (χ3n) is 2.83. The maximum absolute atomic E-state index is 9.64. The van der Waals surface area contributed by atoms with Crippen LogP contribution in [0.2, 0.25) is 0 Å². The highest BCUT2D eigenvalue weighted by Gasteiger charge is 2.18. The zero-order chi connectivity index (χ0) is 13.1. The Hall–Kier alpha value is -1.48. The van der Waals surface area contributed by atoms with Crippen molar-refractivity contribution in [3.63, 3.8) is 0 Å². The lowest BCUT2D eigenvalue weighted by Crippen LogP contribution is -2.21. The normalized spacial score (nSPS) is 11.3. The van der Waals surface area contributed by atoms with Crippen molar-refractivity contribution in [1.82, 2.24) is 0 Å². The molecule has 0 aliphatic heterocycles. The Bertz CT molecular complexity index is 408. The van der Waals surface area contributed by atoms with Gasteiger partial charge in [0, 0.05) is 11.1 Å². The molecule has 1 rings (SSSR count). The van der Waals surface area contributed by atoms with Crippen molar-refractivity contribution < 1.29 is 14.9 Å². The Kier molecular flexibility index (Phi) is 4.18. The van der Waals surface area contributed by atoms with Crippen molar-refractivity contribution >= 4 is 5.76 Å². The number of hydrogen-bond acceptors (Lipinski definition) is 3. The summed E-state index contributed by atoms with van der Waals surface area (Å²) >= 11 is 0. The number of aliphatic hydroxyl groups excluding tert-OH is 1. The molecule has 1 aromatic rings. The minimum atomic E-state index is -0.275. The molecule has 94 valence electrons. The van der Waals surface area contributed by atoms with E-state index in [0.29, 0.717) is 11.3 Å². The van der Waals surface area contributed by atoms with E-state index in [4.69, 9.17) is 9.84 Å². The van der Waals surface area contributed by atoms with E-state index < -0.39 is 0 Å². The van der Waals surface area contributed by atoms with E-state index in [1.54, 1.807) is 18.2 Å². The molecule has 0 atom stereocenters. The first-order valence-corrected chi connectivity index (χ1v) is 5.70. The number of benzene rings is 1. The first-order chi connectivity index (χ1) is 7.89. The summed E-state index contributed by atoms with van der Waals surface area (Å²) in [6.07, 6.45) is 0.868. The number of hydrogen-bond donors (Lipinski definition) is 2. The molecule has 3 nitrogen and oxygen atoms in total. The molecule has 17 heavy (non-hydrogen) atoms. The van der Waals surface area contributed by atoms with Crippen LogP contribution in [-0.4, -0.2) is 15.8 Å². The third-order valence-corrected chi connectivity index (χ3v) is 2.83. The predicted molar refractivity (Wildman–Crippen MR) is 68.5 cm³/mol. The number of ether oxygens (including phenoxy) is 1. The molecule has 3 heteroatoms. The van der Waals surface area contributed by atoms with Crippen LogP contribution in [0.25, 0.3) is 5.76 Å². The van der Waals surface area contributed by atoms with E-state index in [2.05, 4.69) is 6.58 Å². The van der Waals surface area contributed by atoms with Gasteiger partial charge in [-0.05, 0) is 26.3 Å². The van der Waals surface area contributed by atoms with Crippen LogP contribution in [0.4, 0.5) is 0 Å². The van der Waals surface area contributed by atoms with Crippen molar-refractivity contribution in [1.29, 1.82) is 0 Å². The highest BCUT2D eigenvalue weighted by molar-refractivity contribution is 5.60. The molecule has 0 heterocycles. The van der Waals surface area contributed by atoms with Gasteiger partial charge in [-0.1, -0.05) is 25.6 Å². The van der Waals surface area contributed by atoms with Gasteiger partial charge in [0.25, 0.3) is 0 Å². The van der Waals surface area contributed by atoms with E-state index >= 15 is 0 Å². The van der Waals surface area contributed by atoms with Gasteiger partial charge < -0.3 is 14.9 Å². The molecule has 2 N–H and O–H groups in total. The highest BCUT2D eigenvalue weighted by atomic mass is 16.5. The molecular formula is C14H20O3. The molecule has 1 aromatic carbocycles. The summed E-state index contributed by atoms with van der Waals surface area (Å²) in [5.41, 5.74) is 0.944. The fourth-order valence-corrected chi connectivity index (χ4v) is 1.34. The zero-order valence-electron chi connectivity index (χ0n) is 10.7. The molecule has 0 saturated carbocycles. The van der Waals surface area contributed by atoms with Gasteiger partial charge in [0.05, 0.1) is 6.61 Å². The van der Waals surface area contributed by atoms with Gasteiger partial charge in [0.1, 0.15) is 17.1 Å². The van der Waals surface area contributed by atoms with Gasteiger partial charge in [-0.2, -0.15) is 0 Å². The van der Waals surface area contributed by atoms with Gasteiger partial charge in [0.2, 0.25) is 0 Å². The lowest BCUT2D eigenvalue weighted by atomic mass is 10.1. The monoisotopic (exact) mass is 236 g/mol. The SMILES string of the molecule is C=C(OC(C)(C)CC)c1ccc(CO)c(O)c1. The number of aromatic hydroxyl groups is 1. The molecule has 0 amide bonds. The standard InChI is InChI=1S/C14H20O3/c1-5-14(3,4)17-10(2)11-6-7-12(9-15)13(16)8-11/h6-8,15-16H,2,5,9H2,1,3-4H3. The van der Waals surface area contributed by atoms with E-state index in [1.807, 2.05) is 20.8 Å². The van der Waals surface area contributed by atoms with Crippen LogP contribution in [0.15, 0.2) is 24.8 Å². The topological polar surface area (TPSA) is 49.7 Å². The maximum Gasteiger partial charge on any atom is 0.121 e. The second-order valence-electron chi connectivity index (χ2n) is 4.64. The lowest BCUT2D eigenvalue weighted by molar-refractivity contribution is 0.0737. The lowest BCUT2D eigenvalue weighted by Gasteiger charge is -2.26. The summed E-state index contributed by atoms with van der Waals surface area (Å²) in [5, 5.41) is 18.6. The summed E-state index contributed by atoms with van der Waals surface area (Å²) in [6.45, 7) is 9.69. The van der Waals surface area contributed by atoms with Gasteiger partial charge in [-0.25, -0.2) is 0 Å². The number of rotatable bonds is 5. The average molecular weight is 236 g/mol. The summed E-state index contributed by atoms with van der Waals surface area (Å²) in [5.74, 6) is 0.584. The maximum atomic E-state index is 9.64. The van der Waals surface area contributed by atoms with Crippen LogP contribution < -0.4 is 0 Å². The smallest absolute Gasteiger partial charge is 0.121 e. The highest BCUT2D eigenvalue weighted by Crippen LogP contribution is 2.27. The summed E-state index contributed by atoms with van der Waals surface area (Å²) in [4.78, 5) is 0. The van der Waals surface area contributed by atoms with Crippen LogP contribution >= 0.6 is 0 Å². The Labute approximate surface area is 102 Å². The van der Waals surface area contributed by atoms with Gasteiger partial charge in [0.15, 0.2) is 0 Å². The van der Waals surface area contributed by atoms with Crippen molar-refractivity contribution in [2.45, 2.75) is 39.4 Å². The molecule has 0 saturated heterocycles. The Morgan fingerprint density at radius 3 is 2.53 bits per heavy atom. The van der Waals surface area contributed by atoms with Crippen molar-refractivity contribution in [2.24, 2.45) is 0 Å². The largest absolute Gasteiger partial charge is 0.508 e. The molecule has 0 aliphatic carbocycles. The second kappa shape index (κ2) is 5.23.